The number of aromatic amines is 1. The number of carbonyl (C=O) groups excluding carboxylic acids is 1. The van der Waals surface area contributed by atoms with E-state index in [1.165, 1.54) is 0 Å². The van der Waals surface area contributed by atoms with E-state index in [9.17, 15) is 4.79 Å². The van der Waals surface area contributed by atoms with Gasteiger partial charge in [-0.05, 0) is 55.8 Å². The van der Waals surface area contributed by atoms with Crippen molar-refractivity contribution in [2.75, 3.05) is 26.1 Å². The third-order valence-electron chi connectivity index (χ3n) is 4.23. The minimum Gasteiger partial charge on any atom is -0.493 e. The molecule has 3 aromatic rings. The van der Waals surface area contributed by atoms with Gasteiger partial charge in [-0.3, -0.25) is 4.79 Å². The van der Waals surface area contributed by atoms with Gasteiger partial charge < -0.3 is 25.5 Å². The van der Waals surface area contributed by atoms with Crippen molar-refractivity contribution in [3.8, 4) is 11.5 Å². The molecule has 0 fully saturated rings. The average molecular weight is 353 g/mol. The number of aryl methyl sites for hydroxylation is 1. The van der Waals surface area contributed by atoms with E-state index in [-0.39, 0.29) is 5.91 Å². The summed E-state index contributed by atoms with van der Waals surface area (Å²) in [4.78, 5) is 15.9. The van der Waals surface area contributed by atoms with Crippen LogP contribution in [-0.4, -0.2) is 31.7 Å². The first-order valence-corrected chi connectivity index (χ1v) is 8.49. The number of nitrogens with one attached hydrogen (secondary N) is 2. The van der Waals surface area contributed by atoms with Crippen LogP contribution in [0, 0.1) is 0 Å². The van der Waals surface area contributed by atoms with Gasteiger partial charge in [0.25, 0.3) is 5.91 Å². The highest BCUT2D eigenvalue weighted by atomic mass is 16.5. The monoisotopic (exact) mass is 353 g/mol. The first kappa shape index (κ1) is 17.8. The summed E-state index contributed by atoms with van der Waals surface area (Å²) in [6.07, 6.45) is 1.83. The Balaban J connectivity index is 1.79. The van der Waals surface area contributed by atoms with E-state index in [4.69, 9.17) is 15.2 Å². The zero-order chi connectivity index (χ0) is 18.5. The highest BCUT2D eigenvalue weighted by Gasteiger charge is 2.11. The van der Waals surface area contributed by atoms with Crippen LogP contribution < -0.4 is 20.5 Å². The van der Waals surface area contributed by atoms with Crippen molar-refractivity contribution in [3.05, 3.63) is 53.7 Å². The summed E-state index contributed by atoms with van der Waals surface area (Å²) in [6, 6.07) is 12.9. The second kappa shape index (κ2) is 7.93. The van der Waals surface area contributed by atoms with Crippen LogP contribution in [0.25, 0.3) is 10.9 Å². The van der Waals surface area contributed by atoms with Crippen LogP contribution in [0.4, 0.5) is 5.69 Å². The summed E-state index contributed by atoms with van der Waals surface area (Å²) in [5.74, 6) is 1.00. The number of hydrogen-bond acceptors (Lipinski definition) is 4. The number of amides is 1. The lowest BCUT2D eigenvalue weighted by Crippen LogP contribution is -2.11. The zero-order valence-corrected chi connectivity index (χ0v) is 15.0. The van der Waals surface area contributed by atoms with Crippen LogP contribution in [0.1, 0.15) is 22.5 Å². The quantitative estimate of drug-likeness (QED) is 0.608. The lowest BCUT2D eigenvalue weighted by atomic mass is 10.1. The molecule has 0 aliphatic rings. The Hall–Kier alpha value is -2.99. The fraction of sp³-hybridized carbons (Fsp3) is 0.250. The van der Waals surface area contributed by atoms with Crippen molar-refractivity contribution in [2.24, 2.45) is 5.73 Å². The normalized spacial score (nSPS) is 10.7. The lowest BCUT2D eigenvalue weighted by molar-refractivity contribution is 0.102. The Bertz CT molecular complexity index is 918. The number of hydrogen-bond donors (Lipinski definition) is 3. The highest BCUT2D eigenvalue weighted by molar-refractivity contribution is 6.06. The third kappa shape index (κ3) is 3.81. The molecule has 0 bridgehead atoms. The van der Waals surface area contributed by atoms with Gasteiger partial charge in [0, 0.05) is 33.9 Å². The number of benzene rings is 2. The largest absolute Gasteiger partial charge is 0.493 e. The molecule has 0 atom stereocenters. The molecule has 3 rings (SSSR count). The van der Waals surface area contributed by atoms with Crippen molar-refractivity contribution < 1.29 is 14.3 Å². The molecule has 0 aliphatic carbocycles. The SMILES string of the molecule is COc1ccc(NC(=O)c2ccc3[nH]c(CCCN)cc3c2)cc1OC. The summed E-state index contributed by atoms with van der Waals surface area (Å²) in [5.41, 5.74) is 8.94. The van der Waals surface area contributed by atoms with Crippen LogP contribution >= 0.6 is 0 Å². The first-order chi connectivity index (χ1) is 12.6. The molecule has 6 nitrogen and oxygen atoms in total. The minimum absolute atomic E-state index is 0.177. The Morgan fingerprint density at radius 3 is 2.62 bits per heavy atom. The average Bonchev–Trinajstić information content (AvgIpc) is 3.08. The van der Waals surface area contributed by atoms with Gasteiger partial charge in [0.2, 0.25) is 0 Å². The van der Waals surface area contributed by atoms with Crippen LogP contribution in [-0.2, 0) is 6.42 Å². The number of rotatable bonds is 7. The maximum absolute atomic E-state index is 12.6. The summed E-state index contributed by atoms with van der Waals surface area (Å²) in [5, 5.41) is 3.90. The van der Waals surface area contributed by atoms with E-state index in [2.05, 4.69) is 16.4 Å². The number of aromatic nitrogens is 1. The molecule has 1 heterocycles. The summed E-state index contributed by atoms with van der Waals surface area (Å²) < 4.78 is 10.5. The predicted octanol–water partition coefficient (Wildman–Crippen LogP) is 3.33. The van der Waals surface area contributed by atoms with Crippen molar-refractivity contribution >= 4 is 22.5 Å². The van der Waals surface area contributed by atoms with Gasteiger partial charge in [-0.25, -0.2) is 0 Å². The molecule has 0 aliphatic heterocycles. The fourth-order valence-corrected chi connectivity index (χ4v) is 2.88. The van der Waals surface area contributed by atoms with Gasteiger partial charge in [0.05, 0.1) is 14.2 Å². The van der Waals surface area contributed by atoms with E-state index in [1.807, 2.05) is 18.2 Å². The number of fused-ring (bicyclic) bond motifs is 1. The van der Waals surface area contributed by atoms with E-state index in [0.29, 0.717) is 29.3 Å². The fourth-order valence-electron chi connectivity index (χ4n) is 2.88. The van der Waals surface area contributed by atoms with Crippen molar-refractivity contribution in [1.82, 2.24) is 4.98 Å². The molecule has 4 N–H and O–H groups in total. The Kier molecular flexibility index (Phi) is 5.43. The number of methoxy groups -OCH3 is 2. The number of carbonyl (C=O) groups is 1. The first-order valence-electron chi connectivity index (χ1n) is 8.49. The van der Waals surface area contributed by atoms with Gasteiger partial charge in [-0.1, -0.05) is 0 Å². The smallest absolute Gasteiger partial charge is 0.255 e. The Morgan fingerprint density at radius 2 is 1.88 bits per heavy atom. The number of H-pyrrole nitrogens is 1. The van der Waals surface area contributed by atoms with Crippen molar-refractivity contribution in [3.63, 3.8) is 0 Å². The molecule has 26 heavy (non-hydrogen) atoms. The minimum atomic E-state index is -0.177. The standard InChI is InChI=1S/C20H23N3O3/c1-25-18-8-6-16(12-19(18)26-2)23-20(24)13-5-7-17-14(10-13)11-15(22-17)4-3-9-21/h5-8,10-12,22H,3-4,9,21H2,1-2H3,(H,23,24). The van der Waals surface area contributed by atoms with Gasteiger partial charge in [-0.2, -0.15) is 0 Å². The second-order valence-corrected chi connectivity index (χ2v) is 6.01. The number of ether oxygens (including phenoxy) is 2. The molecule has 1 aromatic heterocycles. The van der Waals surface area contributed by atoms with Crippen LogP contribution in [0.3, 0.4) is 0 Å². The Labute approximate surface area is 152 Å². The third-order valence-corrected chi connectivity index (χ3v) is 4.23. The summed E-state index contributed by atoms with van der Waals surface area (Å²) in [6.45, 7) is 0.661. The molecule has 136 valence electrons. The van der Waals surface area contributed by atoms with Gasteiger partial charge in [-0.15, -0.1) is 0 Å². The van der Waals surface area contributed by atoms with Crippen molar-refractivity contribution in [1.29, 1.82) is 0 Å². The van der Waals surface area contributed by atoms with E-state index in [1.54, 1.807) is 32.4 Å². The Morgan fingerprint density at radius 1 is 1.08 bits per heavy atom. The van der Waals surface area contributed by atoms with E-state index >= 15 is 0 Å². The predicted molar refractivity (Wildman–Crippen MR) is 103 cm³/mol. The second-order valence-electron chi connectivity index (χ2n) is 6.01. The van der Waals surface area contributed by atoms with E-state index in [0.717, 1.165) is 29.4 Å². The molecule has 1 amide bonds. The molecule has 0 radical (unpaired) electrons. The molecule has 0 spiro atoms. The van der Waals surface area contributed by atoms with Crippen LogP contribution in [0.15, 0.2) is 42.5 Å². The summed E-state index contributed by atoms with van der Waals surface area (Å²) in [7, 11) is 3.13. The molecule has 0 unspecified atom stereocenters. The lowest BCUT2D eigenvalue weighted by Gasteiger charge is -2.10. The van der Waals surface area contributed by atoms with E-state index < -0.39 is 0 Å². The molecule has 0 saturated heterocycles. The molecule has 0 saturated carbocycles. The molecule has 6 heteroatoms. The zero-order valence-electron chi connectivity index (χ0n) is 15.0. The van der Waals surface area contributed by atoms with Crippen LogP contribution in [0.5, 0.6) is 11.5 Å². The maximum Gasteiger partial charge on any atom is 0.255 e. The molecular weight excluding hydrogens is 330 g/mol. The number of nitrogens with two attached hydrogens (primary N) is 1. The molecular formula is C20H23N3O3. The number of anilines is 1. The van der Waals surface area contributed by atoms with Crippen LogP contribution in [0.2, 0.25) is 0 Å². The van der Waals surface area contributed by atoms with Gasteiger partial charge in [0.15, 0.2) is 11.5 Å². The maximum atomic E-state index is 12.6. The highest BCUT2D eigenvalue weighted by Crippen LogP contribution is 2.30. The summed E-state index contributed by atoms with van der Waals surface area (Å²) >= 11 is 0. The van der Waals surface area contributed by atoms with Crippen molar-refractivity contribution in [2.45, 2.75) is 12.8 Å². The molecule has 2 aromatic carbocycles. The topological polar surface area (TPSA) is 89.4 Å². The van der Waals surface area contributed by atoms with Gasteiger partial charge >= 0.3 is 0 Å². The van der Waals surface area contributed by atoms with Gasteiger partial charge in [0.1, 0.15) is 0 Å².